The number of carbonyl (C=O) groups excluding carboxylic acids is 1. The molecule has 1 aliphatic heterocycles. The molecule has 32 heavy (non-hydrogen) atoms. The van der Waals surface area contributed by atoms with Crippen LogP contribution in [0.15, 0.2) is 35.3 Å². The first kappa shape index (κ1) is 23.4. The number of amides is 1. The summed E-state index contributed by atoms with van der Waals surface area (Å²) in [6, 6.07) is 9.78. The molecule has 0 spiro atoms. The minimum atomic E-state index is -0.298. The van der Waals surface area contributed by atoms with E-state index in [1.54, 1.807) is 11.8 Å². The van der Waals surface area contributed by atoms with Gasteiger partial charge < -0.3 is 19.9 Å². The van der Waals surface area contributed by atoms with Crippen molar-refractivity contribution >= 4 is 41.0 Å². The van der Waals surface area contributed by atoms with Gasteiger partial charge in [-0.25, -0.2) is 14.8 Å². The summed E-state index contributed by atoms with van der Waals surface area (Å²) in [4.78, 5) is 29.3. The first-order chi connectivity index (χ1) is 15.4. The van der Waals surface area contributed by atoms with Gasteiger partial charge in [-0.3, -0.25) is 5.32 Å². The summed E-state index contributed by atoms with van der Waals surface area (Å²) in [5, 5.41) is 6.72. The number of guanidine groups is 1. The van der Waals surface area contributed by atoms with Crippen LogP contribution >= 0.6 is 12.2 Å². The molecule has 1 aromatic carbocycles. The van der Waals surface area contributed by atoms with Crippen molar-refractivity contribution in [3.8, 4) is 0 Å². The van der Waals surface area contributed by atoms with E-state index in [4.69, 9.17) is 17.0 Å². The van der Waals surface area contributed by atoms with Crippen molar-refractivity contribution < 1.29 is 9.53 Å². The highest BCUT2D eigenvalue weighted by atomic mass is 32.1. The molecule has 0 aliphatic carbocycles. The largest absolute Gasteiger partial charge is 0.450 e. The number of nitrogens with zero attached hydrogens (tertiary/aromatic N) is 5. The monoisotopic (exact) mass is 455 g/mol. The Labute approximate surface area is 193 Å². The summed E-state index contributed by atoms with van der Waals surface area (Å²) in [5.74, 6) is 0.984. The Bertz CT molecular complexity index is 983. The molecule has 0 atom stereocenters. The number of para-hydroxylation sites is 1. The fourth-order valence-corrected chi connectivity index (χ4v) is 3.52. The molecule has 0 unspecified atom stereocenters. The van der Waals surface area contributed by atoms with Crippen LogP contribution in [0.5, 0.6) is 0 Å². The molecule has 2 aromatic rings. The van der Waals surface area contributed by atoms with Gasteiger partial charge in [0.25, 0.3) is 0 Å². The van der Waals surface area contributed by atoms with Crippen LogP contribution in [0.3, 0.4) is 0 Å². The number of aliphatic imine (C=N–C) groups is 1. The summed E-state index contributed by atoms with van der Waals surface area (Å²) in [6.07, 6.45) is -0.298. The minimum Gasteiger partial charge on any atom is -0.450 e. The van der Waals surface area contributed by atoms with Crippen LogP contribution < -0.4 is 10.6 Å². The van der Waals surface area contributed by atoms with Crippen molar-refractivity contribution in [3.05, 3.63) is 47.3 Å². The first-order valence-electron chi connectivity index (χ1n) is 10.6. The third kappa shape index (κ3) is 6.36. The number of thiocarbonyl (C=S) groups is 1. The zero-order valence-electron chi connectivity index (χ0n) is 18.9. The van der Waals surface area contributed by atoms with Gasteiger partial charge >= 0.3 is 6.09 Å². The lowest BCUT2D eigenvalue weighted by molar-refractivity contribution is 0.0920. The fourth-order valence-electron chi connectivity index (χ4n) is 3.33. The van der Waals surface area contributed by atoms with E-state index >= 15 is 0 Å². The molecular formula is C22H29N7O2S. The van der Waals surface area contributed by atoms with Gasteiger partial charge in [0.05, 0.1) is 6.61 Å². The number of piperazine rings is 1. The maximum absolute atomic E-state index is 12.0. The van der Waals surface area contributed by atoms with E-state index in [1.807, 2.05) is 56.0 Å². The zero-order valence-corrected chi connectivity index (χ0v) is 19.7. The van der Waals surface area contributed by atoms with E-state index in [0.29, 0.717) is 49.8 Å². The van der Waals surface area contributed by atoms with E-state index in [-0.39, 0.29) is 6.09 Å². The first-order valence-corrected chi connectivity index (χ1v) is 11.0. The summed E-state index contributed by atoms with van der Waals surface area (Å²) < 4.78 is 5.11. The number of aryl methyl sites for hydroxylation is 3. The molecular weight excluding hydrogens is 426 g/mol. The Morgan fingerprint density at radius 1 is 1.06 bits per heavy atom. The van der Waals surface area contributed by atoms with Crippen molar-refractivity contribution in [2.24, 2.45) is 4.99 Å². The Balaban J connectivity index is 1.79. The Morgan fingerprint density at radius 2 is 1.69 bits per heavy atom. The average Bonchev–Trinajstić information content (AvgIpc) is 2.74. The number of anilines is 2. The quantitative estimate of drug-likeness (QED) is 0.413. The SMILES string of the molecule is CCOC(=O)N1CCN(/C(=N\C(=S)Nc2ccccc2C)Nc2nc(C)cc(C)n2)CC1. The molecule has 0 bridgehead atoms. The molecule has 0 radical (unpaired) electrons. The number of nitrogens with one attached hydrogen (secondary N) is 2. The molecule has 0 saturated carbocycles. The Kier molecular flexibility index (Phi) is 7.93. The van der Waals surface area contributed by atoms with Gasteiger partial charge in [0.1, 0.15) is 0 Å². The average molecular weight is 456 g/mol. The van der Waals surface area contributed by atoms with Crippen LogP contribution in [-0.2, 0) is 4.74 Å². The molecule has 9 nitrogen and oxygen atoms in total. The predicted molar refractivity (Wildman–Crippen MR) is 130 cm³/mol. The summed E-state index contributed by atoms with van der Waals surface area (Å²) in [6.45, 7) is 10.2. The minimum absolute atomic E-state index is 0.298. The fraction of sp³-hybridized carbons (Fsp3) is 0.409. The second-order valence-electron chi connectivity index (χ2n) is 7.45. The topological polar surface area (TPSA) is 95.0 Å². The second-order valence-corrected chi connectivity index (χ2v) is 7.84. The molecule has 3 rings (SSSR count). The summed E-state index contributed by atoms with van der Waals surface area (Å²) in [5.41, 5.74) is 3.68. The maximum Gasteiger partial charge on any atom is 0.409 e. The Hall–Kier alpha value is -3.27. The van der Waals surface area contributed by atoms with Gasteiger partial charge in [-0.15, -0.1) is 0 Å². The van der Waals surface area contributed by atoms with E-state index in [0.717, 1.165) is 22.6 Å². The van der Waals surface area contributed by atoms with Crippen molar-refractivity contribution in [3.63, 3.8) is 0 Å². The molecule has 1 saturated heterocycles. The highest BCUT2D eigenvalue weighted by Gasteiger charge is 2.25. The van der Waals surface area contributed by atoms with Crippen LogP contribution in [0.25, 0.3) is 0 Å². The van der Waals surface area contributed by atoms with Gasteiger partial charge in [0.2, 0.25) is 17.0 Å². The van der Waals surface area contributed by atoms with Gasteiger partial charge in [0, 0.05) is 43.3 Å². The molecule has 2 N–H and O–H groups in total. The number of aromatic nitrogens is 2. The molecule has 1 aromatic heterocycles. The lowest BCUT2D eigenvalue weighted by Gasteiger charge is -2.35. The van der Waals surface area contributed by atoms with E-state index < -0.39 is 0 Å². The smallest absolute Gasteiger partial charge is 0.409 e. The highest BCUT2D eigenvalue weighted by molar-refractivity contribution is 7.80. The van der Waals surface area contributed by atoms with E-state index in [9.17, 15) is 4.79 Å². The number of ether oxygens (including phenoxy) is 1. The van der Waals surface area contributed by atoms with E-state index in [1.165, 1.54) is 0 Å². The highest BCUT2D eigenvalue weighted by Crippen LogP contribution is 2.14. The van der Waals surface area contributed by atoms with Crippen LogP contribution in [-0.4, -0.2) is 69.7 Å². The second kappa shape index (κ2) is 10.9. The van der Waals surface area contributed by atoms with Crippen LogP contribution in [0.1, 0.15) is 23.9 Å². The lowest BCUT2D eigenvalue weighted by atomic mass is 10.2. The van der Waals surface area contributed by atoms with Gasteiger partial charge in [0.15, 0.2) is 0 Å². The summed E-state index contributed by atoms with van der Waals surface area (Å²) >= 11 is 5.52. The van der Waals surface area contributed by atoms with Crippen molar-refractivity contribution in [2.45, 2.75) is 27.7 Å². The van der Waals surface area contributed by atoms with Gasteiger partial charge in [-0.2, -0.15) is 4.99 Å². The van der Waals surface area contributed by atoms with Crippen molar-refractivity contribution in [2.75, 3.05) is 43.4 Å². The van der Waals surface area contributed by atoms with E-state index in [2.05, 4.69) is 25.6 Å². The third-order valence-electron chi connectivity index (χ3n) is 4.91. The summed E-state index contributed by atoms with van der Waals surface area (Å²) in [7, 11) is 0. The van der Waals surface area contributed by atoms with Crippen LogP contribution in [0.2, 0.25) is 0 Å². The Morgan fingerprint density at radius 3 is 2.31 bits per heavy atom. The molecule has 1 fully saturated rings. The normalized spacial score (nSPS) is 14.2. The molecule has 1 aliphatic rings. The third-order valence-corrected chi connectivity index (χ3v) is 5.10. The standard InChI is InChI=1S/C22H29N7O2S/c1-5-31-22(30)29-12-10-28(11-13-29)20(26-19-23-16(3)14-17(4)24-19)27-21(32)25-18-9-7-6-8-15(18)2/h6-9,14H,5,10-13H2,1-4H3,(H2,23,24,25,26,27,32). The number of hydrogen-bond acceptors (Lipinski definition) is 5. The zero-order chi connectivity index (χ0) is 23.1. The predicted octanol–water partition coefficient (Wildman–Crippen LogP) is 3.34. The molecule has 10 heteroatoms. The van der Waals surface area contributed by atoms with Crippen molar-refractivity contribution in [1.82, 2.24) is 19.8 Å². The number of benzene rings is 1. The molecule has 2 heterocycles. The lowest BCUT2D eigenvalue weighted by Crippen LogP contribution is -2.52. The molecule has 1 amide bonds. The maximum atomic E-state index is 12.0. The van der Waals surface area contributed by atoms with Gasteiger partial charge in [-0.05, 0) is 57.6 Å². The van der Waals surface area contributed by atoms with Crippen LogP contribution in [0, 0.1) is 20.8 Å². The number of carbonyl (C=O) groups is 1. The molecule has 170 valence electrons. The number of hydrogen-bond donors (Lipinski definition) is 2. The van der Waals surface area contributed by atoms with Gasteiger partial charge in [-0.1, -0.05) is 18.2 Å². The number of rotatable bonds is 3. The van der Waals surface area contributed by atoms with Crippen LogP contribution in [0.4, 0.5) is 16.4 Å². The van der Waals surface area contributed by atoms with Crippen molar-refractivity contribution in [1.29, 1.82) is 0 Å².